The second kappa shape index (κ2) is 17.3. The molecule has 2 aliphatic heterocycles. The lowest BCUT2D eigenvalue weighted by molar-refractivity contribution is 0.630. The fourth-order valence-corrected chi connectivity index (χ4v) is 14.6. The van der Waals surface area contributed by atoms with Crippen molar-refractivity contribution in [1.29, 1.82) is 0 Å². The molecule has 374 valence electrons. The van der Waals surface area contributed by atoms with Gasteiger partial charge in [0, 0.05) is 47.4 Å². The summed E-state index contributed by atoms with van der Waals surface area (Å²) in [6, 6.07) is 87.9. The van der Waals surface area contributed by atoms with E-state index in [0.29, 0.717) is 0 Å². The zero-order valence-electron chi connectivity index (χ0n) is 45.2. The van der Waals surface area contributed by atoms with Crippen LogP contribution in [0.1, 0.15) is 72.2 Å². The third-order valence-electron chi connectivity index (χ3n) is 18.4. The third kappa shape index (κ3) is 6.69. The normalized spacial score (nSPS) is 14.6. The van der Waals surface area contributed by atoms with Crippen LogP contribution in [0.2, 0.25) is 0 Å². The van der Waals surface area contributed by atoms with Gasteiger partial charge in [0.1, 0.15) is 0 Å². The molecule has 3 aliphatic rings. The Morgan fingerprint density at radius 3 is 1.27 bits per heavy atom. The van der Waals surface area contributed by atoms with Gasteiger partial charge in [-0.05, 0) is 152 Å². The Morgan fingerprint density at radius 1 is 0.282 bits per heavy atom. The minimum atomic E-state index is -0.202. The van der Waals surface area contributed by atoms with E-state index >= 15 is 0 Å². The largest absolute Gasteiger partial charge is 0.344 e. The molecule has 0 radical (unpaired) electrons. The minimum Gasteiger partial charge on any atom is -0.344 e. The van der Waals surface area contributed by atoms with Crippen molar-refractivity contribution in [3.8, 4) is 55.6 Å². The minimum absolute atomic E-state index is 0.202. The lowest BCUT2D eigenvalue weighted by atomic mass is 9.72. The Labute approximate surface area is 458 Å². The summed E-state index contributed by atoms with van der Waals surface area (Å²) in [5.74, 6) is 0. The summed E-state index contributed by atoms with van der Waals surface area (Å²) in [6.07, 6.45) is 1.59. The molecular formula is C76H60N2. The molecule has 0 bridgehead atoms. The Balaban J connectivity index is 1.05. The molecule has 0 N–H and O–H groups in total. The van der Waals surface area contributed by atoms with E-state index in [1.165, 1.54) is 155 Å². The Morgan fingerprint density at radius 2 is 0.679 bits per heavy atom. The second-order valence-corrected chi connectivity index (χ2v) is 23.2. The van der Waals surface area contributed by atoms with E-state index < -0.39 is 0 Å². The van der Waals surface area contributed by atoms with Crippen LogP contribution in [0.4, 0.5) is 22.7 Å². The lowest BCUT2D eigenvalue weighted by Crippen LogP contribution is -2.31. The summed E-state index contributed by atoms with van der Waals surface area (Å²) in [4.78, 5) is 4.90. The summed E-state index contributed by atoms with van der Waals surface area (Å²) in [7, 11) is 4.52. The molecule has 15 rings (SSSR count). The molecular weight excluding hydrogens is 941 g/mol. The van der Waals surface area contributed by atoms with Gasteiger partial charge in [0.2, 0.25) is 0 Å². The number of para-hydroxylation sites is 4. The van der Waals surface area contributed by atoms with Crippen molar-refractivity contribution in [3.05, 3.63) is 275 Å². The van der Waals surface area contributed by atoms with Gasteiger partial charge in [-0.3, -0.25) is 0 Å². The first-order chi connectivity index (χ1) is 38.1. The van der Waals surface area contributed by atoms with Gasteiger partial charge in [-0.2, -0.15) is 0 Å². The quantitative estimate of drug-likeness (QED) is 0.163. The molecule has 2 heterocycles. The summed E-state index contributed by atoms with van der Waals surface area (Å²) in [5.41, 5.74) is 28.1. The average molecular weight is 1000 g/mol. The molecule has 78 heavy (non-hydrogen) atoms. The Bertz CT molecular complexity index is 4320. The average Bonchev–Trinajstić information content (AvgIpc) is 2.85. The van der Waals surface area contributed by atoms with E-state index in [0.717, 1.165) is 12.8 Å². The van der Waals surface area contributed by atoms with E-state index in [-0.39, 0.29) is 10.8 Å². The number of hydrogen-bond acceptors (Lipinski definition) is 2. The highest BCUT2D eigenvalue weighted by Gasteiger charge is 2.38. The number of rotatable bonds is 3. The van der Waals surface area contributed by atoms with Gasteiger partial charge in [-0.15, -0.1) is 0 Å². The van der Waals surface area contributed by atoms with E-state index in [4.69, 9.17) is 0 Å². The predicted molar refractivity (Wildman–Crippen MR) is 331 cm³/mol. The number of anilines is 4. The standard InChI is InChI=1S/C76H60N2/c1-75(2)64-36-13-15-40-68(64)77(5)73-59(33-20-38-66(73)75)55-29-18-31-57-62(55)46-63-56(60-34-21-39-67-74(60)78(6)69-41-16-14-37-65(69)76(67,3)4)30-19-32-58(63)72(57)61-35-17-25-50-44-48-23-8-11-27-53(48)70-51(43-42-47-22-7-10-26-52(47)70)45-49-24-9-12-28-54(49)71(50)61/h7-43,46H,44-45H2,1-6H3. The van der Waals surface area contributed by atoms with E-state index in [2.05, 4.69) is 282 Å². The molecule has 1 aliphatic carbocycles. The SMILES string of the molecule is CN1c2ccccc2C(C)(C)c2cccc(-c3cccc4c(-c5cccc6c5-c5ccccc5Cc5ccc7ccccc7c5-c5ccccc5C6)c5cccc(-c6cccc7c6N(C)c6ccccc6C7(C)C)c5cc34)c21. The van der Waals surface area contributed by atoms with Gasteiger partial charge in [0.05, 0.1) is 11.4 Å². The van der Waals surface area contributed by atoms with Crippen LogP contribution in [-0.4, -0.2) is 14.1 Å². The van der Waals surface area contributed by atoms with E-state index in [9.17, 15) is 0 Å². The highest BCUT2D eigenvalue weighted by atomic mass is 15.1. The Hall–Kier alpha value is -8.98. The third-order valence-corrected chi connectivity index (χ3v) is 18.4. The van der Waals surface area contributed by atoms with Crippen molar-refractivity contribution >= 4 is 55.1 Å². The summed E-state index contributed by atoms with van der Waals surface area (Å²) in [5, 5.41) is 7.55. The molecule has 0 unspecified atom stereocenters. The molecule has 0 saturated heterocycles. The van der Waals surface area contributed by atoms with Crippen LogP contribution in [0.15, 0.2) is 231 Å². The molecule has 2 nitrogen and oxygen atoms in total. The highest BCUT2D eigenvalue weighted by Crippen LogP contribution is 2.56. The fraction of sp³-hybridized carbons (Fsp3) is 0.132. The van der Waals surface area contributed by atoms with Crippen LogP contribution in [0, 0.1) is 0 Å². The van der Waals surface area contributed by atoms with Crippen molar-refractivity contribution in [2.75, 3.05) is 23.9 Å². The predicted octanol–water partition coefficient (Wildman–Crippen LogP) is 19.8. The van der Waals surface area contributed by atoms with Crippen LogP contribution in [0.25, 0.3) is 88.0 Å². The van der Waals surface area contributed by atoms with Crippen LogP contribution in [0.3, 0.4) is 0 Å². The van der Waals surface area contributed by atoms with Crippen LogP contribution >= 0.6 is 0 Å². The number of benzene rings is 12. The van der Waals surface area contributed by atoms with Crippen molar-refractivity contribution < 1.29 is 0 Å². The first kappa shape index (κ1) is 46.3. The molecule has 0 spiro atoms. The first-order valence-electron chi connectivity index (χ1n) is 27.8. The zero-order chi connectivity index (χ0) is 52.6. The maximum Gasteiger partial charge on any atom is 0.0529 e. The zero-order valence-corrected chi connectivity index (χ0v) is 45.2. The maximum atomic E-state index is 2.55. The number of hydrogen-bond donors (Lipinski definition) is 0. The maximum absolute atomic E-state index is 2.55. The summed E-state index contributed by atoms with van der Waals surface area (Å²) >= 11 is 0. The smallest absolute Gasteiger partial charge is 0.0529 e. The topological polar surface area (TPSA) is 6.48 Å². The number of nitrogens with zero attached hydrogens (tertiary/aromatic N) is 2. The lowest BCUT2D eigenvalue weighted by Gasteiger charge is -2.41. The van der Waals surface area contributed by atoms with Gasteiger partial charge in [0.25, 0.3) is 0 Å². The van der Waals surface area contributed by atoms with E-state index in [1.807, 2.05) is 0 Å². The molecule has 0 fully saturated rings. The highest BCUT2D eigenvalue weighted by molar-refractivity contribution is 6.21. The molecule has 0 saturated carbocycles. The molecule has 12 aromatic rings. The van der Waals surface area contributed by atoms with Gasteiger partial charge < -0.3 is 9.80 Å². The van der Waals surface area contributed by atoms with Crippen molar-refractivity contribution in [3.63, 3.8) is 0 Å². The van der Waals surface area contributed by atoms with Crippen molar-refractivity contribution in [2.24, 2.45) is 0 Å². The van der Waals surface area contributed by atoms with Gasteiger partial charge in [-0.1, -0.05) is 240 Å². The summed E-state index contributed by atoms with van der Waals surface area (Å²) < 4.78 is 0. The van der Waals surface area contributed by atoms with Crippen molar-refractivity contribution in [2.45, 2.75) is 51.4 Å². The molecule has 0 aromatic heterocycles. The Kier molecular flexibility index (Phi) is 10.3. The second-order valence-electron chi connectivity index (χ2n) is 23.2. The van der Waals surface area contributed by atoms with Crippen molar-refractivity contribution in [1.82, 2.24) is 0 Å². The van der Waals surface area contributed by atoms with Crippen LogP contribution in [-0.2, 0) is 23.7 Å². The molecule has 12 aromatic carbocycles. The van der Waals surface area contributed by atoms with E-state index in [1.54, 1.807) is 0 Å². The van der Waals surface area contributed by atoms with Gasteiger partial charge in [0.15, 0.2) is 0 Å². The fourth-order valence-electron chi connectivity index (χ4n) is 14.6. The molecule has 2 heteroatoms. The molecule has 0 atom stereocenters. The monoisotopic (exact) mass is 1000 g/mol. The van der Waals surface area contributed by atoms with Crippen LogP contribution < -0.4 is 9.80 Å². The number of fused-ring (bicyclic) bond motifs is 14. The first-order valence-corrected chi connectivity index (χ1v) is 27.8. The summed E-state index contributed by atoms with van der Waals surface area (Å²) in [6.45, 7) is 9.57. The van der Waals surface area contributed by atoms with Crippen LogP contribution in [0.5, 0.6) is 0 Å². The van der Waals surface area contributed by atoms with Gasteiger partial charge >= 0.3 is 0 Å². The van der Waals surface area contributed by atoms with Gasteiger partial charge in [-0.25, -0.2) is 0 Å². The molecule has 0 amide bonds.